The molecule has 0 unspecified atom stereocenters. The minimum absolute atomic E-state index is 0.0550. The maximum atomic E-state index is 13.4. The van der Waals surface area contributed by atoms with E-state index in [-0.39, 0.29) is 11.6 Å². The van der Waals surface area contributed by atoms with Gasteiger partial charge < -0.3 is 5.32 Å². The monoisotopic (exact) mass is 485 g/mol. The lowest BCUT2D eigenvalue weighted by molar-refractivity contribution is 0.262. The van der Waals surface area contributed by atoms with Crippen molar-refractivity contribution in [2.45, 2.75) is 0 Å². The standard InChI is InChI=1S/C23H15Cl2F2N5O/c24-19-7-6-15(8-20(19)25)21-13-32(28-12-14-4-2-1-3-5-14)22(30-21)31-23(33)29-18-10-16(26)9-17(27)11-18/h1-13H,(H2,29,30,31,33)/b28-12-. The van der Waals surface area contributed by atoms with Crippen molar-refractivity contribution in [3.63, 3.8) is 0 Å². The van der Waals surface area contributed by atoms with E-state index in [1.807, 2.05) is 30.3 Å². The van der Waals surface area contributed by atoms with Crippen molar-refractivity contribution < 1.29 is 13.6 Å². The van der Waals surface area contributed by atoms with Gasteiger partial charge in [0.2, 0.25) is 5.95 Å². The van der Waals surface area contributed by atoms with Crippen molar-refractivity contribution >= 4 is 47.1 Å². The van der Waals surface area contributed by atoms with Crippen molar-refractivity contribution in [2.75, 3.05) is 10.6 Å². The van der Waals surface area contributed by atoms with Crippen molar-refractivity contribution in [3.8, 4) is 11.3 Å². The van der Waals surface area contributed by atoms with Gasteiger partial charge in [-0.3, -0.25) is 5.32 Å². The number of imidazole rings is 1. The van der Waals surface area contributed by atoms with Gasteiger partial charge in [0.05, 0.1) is 28.2 Å². The number of carbonyl (C=O) groups excluding carboxylic acids is 1. The highest BCUT2D eigenvalue weighted by molar-refractivity contribution is 6.42. The first-order valence-corrected chi connectivity index (χ1v) is 10.3. The summed E-state index contributed by atoms with van der Waals surface area (Å²) in [5.41, 5.74) is 1.88. The Bertz CT molecular complexity index is 1320. The second kappa shape index (κ2) is 9.81. The zero-order chi connectivity index (χ0) is 23.4. The van der Waals surface area contributed by atoms with E-state index >= 15 is 0 Å². The molecule has 2 amide bonds. The topological polar surface area (TPSA) is 71.3 Å². The number of carbonyl (C=O) groups is 1. The van der Waals surface area contributed by atoms with Gasteiger partial charge in [-0.2, -0.15) is 5.10 Å². The molecule has 3 aromatic carbocycles. The van der Waals surface area contributed by atoms with Crippen LogP contribution in [0.4, 0.5) is 25.2 Å². The Morgan fingerprint density at radius 3 is 2.36 bits per heavy atom. The number of aromatic nitrogens is 2. The zero-order valence-electron chi connectivity index (χ0n) is 16.8. The molecule has 0 radical (unpaired) electrons. The molecule has 33 heavy (non-hydrogen) atoms. The highest BCUT2D eigenvalue weighted by Gasteiger charge is 2.14. The molecule has 1 aromatic heterocycles. The highest BCUT2D eigenvalue weighted by atomic mass is 35.5. The van der Waals surface area contributed by atoms with Crippen LogP contribution in [-0.2, 0) is 0 Å². The molecule has 0 atom stereocenters. The fourth-order valence-corrected chi connectivity index (χ4v) is 3.19. The van der Waals surface area contributed by atoms with Gasteiger partial charge in [0, 0.05) is 17.3 Å². The van der Waals surface area contributed by atoms with Crippen LogP contribution in [0.25, 0.3) is 11.3 Å². The molecule has 0 spiro atoms. The maximum absolute atomic E-state index is 13.4. The van der Waals surface area contributed by atoms with Crippen LogP contribution in [0.1, 0.15) is 5.56 Å². The van der Waals surface area contributed by atoms with Crippen LogP contribution < -0.4 is 10.6 Å². The lowest BCUT2D eigenvalue weighted by Crippen LogP contribution is -2.21. The molecule has 2 N–H and O–H groups in total. The van der Waals surface area contributed by atoms with Gasteiger partial charge in [-0.1, -0.05) is 59.6 Å². The Morgan fingerprint density at radius 2 is 1.67 bits per heavy atom. The lowest BCUT2D eigenvalue weighted by Gasteiger charge is -2.07. The van der Waals surface area contributed by atoms with Crippen LogP contribution in [0.3, 0.4) is 0 Å². The Hall–Kier alpha value is -3.75. The van der Waals surface area contributed by atoms with E-state index in [0.717, 1.165) is 17.7 Å². The van der Waals surface area contributed by atoms with E-state index in [1.165, 1.54) is 4.68 Å². The fraction of sp³-hybridized carbons (Fsp3) is 0. The van der Waals surface area contributed by atoms with Gasteiger partial charge in [0.15, 0.2) is 0 Å². The molecule has 0 fully saturated rings. The first kappa shape index (κ1) is 22.4. The van der Waals surface area contributed by atoms with Crippen molar-refractivity contribution in [3.05, 3.63) is 100 Å². The fourth-order valence-electron chi connectivity index (χ4n) is 2.90. The molecular weight excluding hydrogens is 471 g/mol. The molecule has 0 aliphatic heterocycles. The van der Waals surface area contributed by atoms with Gasteiger partial charge in [-0.15, -0.1) is 0 Å². The summed E-state index contributed by atoms with van der Waals surface area (Å²) in [6, 6.07) is 16.2. The first-order chi connectivity index (χ1) is 15.9. The van der Waals surface area contributed by atoms with E-state index in [9.17, 15) is 13.6 Å². The third kappa shape index (κ3) is 5.74. The number of amides is 2. The smallest absolute Gasteiger partial charge is 0.307 e. The molecule has 0 aliphatic rings. The summed E-state index contributed by atoms with van der Waals surface area (Å²) in [5.74, 6) is -1.57. The maximum Gasteiger partial charge on any atom is 0.326 e. The molecule has 0 saturated heterocycles. The molecule has 0 saturated carbocycles. The minimum atomic E-state index is -0.818. The summed E-state index contributed by atoms with van der Waals surface area (Å²) in [6.07, 6.45) is 3.18. The molecule has 1 heterocycles. The molecule has 4 rings (SSSR count). The predicted molar refractivity (Wildman–Crippen MR) is 126 cm³/mol. The Morgan fingerprint density at radius 1 is 0.939 bits per heavy atom. The molecular formula is C23H15Cl2F2N5O. The first-order valence-electron chi connectivity index (χ1n) is 9.56. The molecule has 0 bridgehead atoms. The zero-order valence-corrected chi connectivity index (χ0v) is 18.3. The van der Waals surface area contributed by atoms with Gasteiger partial charge in [-0.25, -0.2) is 23.2 Å². The number of nitrogens with zero attached hydrogens (tertiary/aromatic N) is 3. The normalized spacial score (nSPS) is 11.0. The van der Waals surface area contributed by atoms with Crippen LogP contribution in [0.2, 0.25) is 10.0 Å². The highest BCUT2D eigenvalue weighted by Crippen LogP contribution is 2.29. The summed E-state index contributed by atoms with van der Waals surface area (Å²) >= 11 is 12.1. The van der Waals surface area contributed by atoms with Gasteiger partial charge in [0.25, 0.3) is 0 Å². The quantitative estimate of drug-likeness (QED) is 0.310. The Balaban J connectivity index is 1.64. The summed E-state index contributed by atoms with van der Waals surface area (Å²) in [7, 11) is 0. The number of rotatable bonds is 5. The molecule has 6 nitrogen and oxygen atoms in total. The Labute approximate surface area is 197 Å². The number of anilines is 2. The molecule has 4 aromatic rings. The number of halogens is 4. The number of urea groups is 1. The Kier molecular flexibility index (Phi) is 6.67. The summed E-state index contributed by atoms with van der Waals surface area (Å²) in [4.78, 5) is 16.9. The van der Waals surface area contributed by atoms with Crippen molar-refractivity contribution in [1.82, 2.24) is 9.66 Å². The minimum Gasteiger partial charge on any atom is -0.307 e. The second-order valence-electron chi connectivity index (χ2n) is 6.82. The van der Waals surface area contributed by atoms with Gasteiger partial charge >= 0.3 is 6.03 Å². The third-order valence-corrected chi connectivity index (χ3v) is 5.12. The summed E-state index contributed by atoms with van der Waals surface area (Å²) in [6.45, 7) is 0. The largest absolute Gasteiger partial charge is 0.326 e. The van der Waals surface area contributed by atoms with Gasteiger partial charge in [0.1, 0.15) is 11.6 Å². The number of benzene rings is 3. The van der Waals surface area contributed by atoms with E-state index in [2.05, 4.69) is 20.7 Å². The lowest BCUT2D eigenvalue weighted by atomic mass is 10.2. The van der Waals surface area contributed by atoms with E-state index < -0.39 is 17.7 Å². The predicted octanol–water partition coefficient (Wildman–Crippen LogP) is 6.66. The third-order valence-electron chi connectivity index (χ3n) is 4.38. The van der Waals surface area contributed by atoms with Crippen LogP contribution in [0, 0.1) is 11.6 Å². The van der Waals surface area contributed by atoms with Crippen molar-refractivity contribution in [1.29, 1.82) is 0 Å². The number of hydrogen-bond acceptors (Lipinski definition) is 3. The summed E-state index contributed by atoms with van der Waals surface area (Å²) in [5, 5.41) is 9.99. The van der Waals surface area contributed by atoms with Crippen LogP contribution in [-0.4, -0.2) is 21.9 Å². The van der Waals surface area contributed by atoms with Crippen LogP contribution in [0.15, 0.2) is 78.0 Å². The van der Waals surface area contributed by atoms with Crippen molar-refractivity contribution in [2.24, 2.45) is 5.10 Å². The molecule has 0 aliphatic carbocycles. The van der Waals surface area contributed by atoms with Crippen LogP contribution in [0.5, 0.6) is 0 Å². The van der Waals surface area contributed by atoms with E-state index in [0.29, 0.717) is 27.4 Å². The number of nitrogens with one attached hydrogen (secondary N) is 2. The van der Waals surface area contributed by atoms with E-state index in [4.69, 9.17) is 23.2 Å². The average Bonchev–Trinajstić information content (AvgIpc) is 3.16. The second-order valence-corrected chi connectivity index (χ2v) is 7.63. The van der Waals surface area contributed by atoms with Crippen LogP contribution >= 0.6 is 23.2 Å². The SMILES string of the molecule is O=C(Nc1cc(F)cc(F)c1)Nc1nc(-c2ccc(Cl)c(Cl)c2)cn1/N=C\c1ccccc1. The molecule has 166 valence electrons. The van der Waals surface area contributed by atoms with Gasteiger partial charge in [-0.05, 0) is 29.8 Å². The molecule has 10 heteroatoms. The summed E-state index contributed by atoms with van der Waals surface area (Å²) < 4.78 is 28.2. The van der Waals surface area contributed by atoms with E-state index in [1.54, 1.807) is 30.6 Å². The number of hydrogen-bond donors (Lipinski definition) is 2. The average molecular weight is 486 g/mol.